The summed E-state index contributed by atoms with van der Waals surface area (Å²) in [5.74, 6) is -0.276. The molecule has 1 aliphatic heterocycles. The molecular weight excluding hydrogens is 464 g/mol. The molecule has 7 nitrogen and oxygen atoms in total. The van der Waals surface area contributed by atoms with Crippen LogP contribution in [0.5, 0.6) is 0 Å². The molecule has 2 amide bonds. The number of anilines is 1. The van der Waals surface area contributed by atoms with Crippen LogP contribution in [0.3, 0.4) is 0 Å². The number of rotatable bonds is 5. The summed E-state index contributed by atoms with van der Waals surface area (Å²) in [5, 5.41) is 12.1. The molecule has 0 spiro atoms. The Bertz CT molecular complexity index is 1230. The number of hydrogen-bond donors (Lipinski definition) is 2. The zero-order valence-electron chi connectivity index (χ0n) is 18.8. The molecule has 1 unspecified atom stereocenters. The fraction of sp³-hybridized carbons (Fsp3) is 0.222. The van der Waals surface area contributed by atoms with Gasteiger partial charge in [0.15, 0.2) is 0 Å². The SMILES string of the molecule is O=C(Nc1ccc(C(=O)N2CCSCC2C(=O)O)cc1)OCC1c2ccccc2-c2ccccc21. The van der Waals surface area contributed by atoms with Gasteiger partial charge in [-0.25, -0.2) is 9.59 Å². The minimum absolute atomic E-state index is 0.0296. The lowest BCUT2D eigenvalue weighted by atomic mass is 9.98. The van der Waals surface area contributed by atoms with E-state index in [4.69, 9.17) is 4.74 Å². The predicted molar refractivity (Wildman–Crippen MR) is 135 cm³/mol. The lowest BCUT2D eigenvalue weighted by Gasteiger charge is -2.32. The summed E-state index contributed by atoms with van der Waals surface area (Å²) in [6.07, 6.45) is -0.579. The molecule has 5 rings (SSSR count). The van der Waals surface area contributed by atoms with E-state index in [1.54, 1.807) is 24.3 Å². The number of fused-ring (bicyclic) bond motifs is 3. The van der Waals surface area contributed by atoms with Crippen LogP contribution in [0.4, 0.5) is 10.5 Å². The average Bonchev–Trinajstić information content (AvgIpc) is 3.21. The highest BCUT2D eigenvalue weighted by Crippen LogP contribution is 2.44. The van der Waals surface area contributed by atoms with Gasteiger partial charge in [0.05, 0.1) is 0 Å². The van der Waals surface area contributed by atoms with Crippen molar-refractivity contribution >= 4 is 35.4 Å². The Kier molecular flexibility index (Phi) is 6.46. The molecule has 1 aliphatic carbocycles. The zero-order chi connectivity index (χ0) is 24.4. The van der Waals surface area contributed by atoms with Gasteiger partial charge in [-0.3, -0.25) is 10.1 Å². The third-order valence-corrected chi connectivity index (χ3v) is 7.42. The van der Waals surface area contributed by atoms with E-state index in [-0.39, 0.29) is 18.4 Å². The number of nitrogens with zero attached hydrogens (tertiary/aromatic N) is 1. The van der Waals surface area contributed by atoms with E-state index < -0.39 is 18.1 Å². The third-order valence-electron chi connectivity index (χ3n) is 6.40. The second-order valence-corrected chi connectivity index (χ2v) is 9.61. The van der Waals surface area contributed by atoms with Crippen molar-refractivity contribution in [3.63, 3.8) is 0 Å². The van der Waals surface area contributed by atoms with E-state index in [0.29, 0.717) is 29.3 Å². The van der Waals surface area contributed by atoms with Gasteiger partial charge in [-0.15, -0.1) is 0 Å². The molecule has 3 aromatic rings. The number of carboxylic acid groups (broad SMARTS) is 1. The number of ether oxygens (including phenoxy) is 1. The first-order valence-corrected chi connectivity index (χ1v) is 12.5. The van der Waals surface area contributed by atoms with E-state index in [2.05, 4.69) is 29.6 Å². The Balaban J connectivity index is 1.21. The van der Waals surface area contributed by atoms with Crippen molar-refractivity contribution in [1.82, 2.24) is 4.90 Å². The van der Waals surface area contributed by atoms with E-state index in [9.17, 15) is 19.5 Å². The van der Waals surface area contributed by atoms with Crippen LogP contribution in [0.2, 0.25) is 0 Å². The lowest BCUT2D eigenvalue weighted by molar-refractivity contribution is -0.141. The van der Waals surface area contributed by atoms with Crippen LogP contribution in [0.1, 0.15) is 27.4 Å². The molecule has 2 aliphatic rings. The Morgan fingerprint density at radius 2 is 1.57 bits per heavy atom. The fourth-order valence-electron chi connectivity index (χ4n) is 4.67. The van der Waals surface area contributed by atoms with Gasteiger partial charge in [0.1, 0.15) is 12.6 Å². The van der Waals surface area contributed by atoms with Gasteiger partial charge in [-0.1, -0.05) is 48.5 Å². The monoisotopic (exact) mass is 488 g/mol. The maximum atomic E-state index is 12.8. The molecule has 178 valence electrons. The van der Waals surface area contributed by atoms with Gasteiger partial charge in [-0.2, -0.15) is 11.8 Å². The van der Waals surface area contributed by atoms with Gasteiger partial charge in [0.25, 0.3) is 5.91 Å². The molecule has 2 N–H and O–H groups in total. The van der Waals surface area contributed by atoms with Crippen molar-refractivity contribution in [1.29, 1.82) is 0 Å². The first-order valence-electron chi connectivity index (χ1n) is 11.4. The number of hydrogen-bond acceptors (Lipinski definition) is 5. The van der Waals surface area contributed by atoms with Gasteiger partial charge < -0.3 is 14.7 Å². The first kappa shape index (κ1) is 23.0. The quantitative estimate of drug-likeness (QED) is 0.541. The molecule has 35 heavy (non-hydrogen) atoms. The Hall–Kier alpha value is -3.78. The van der Waals surface area contributed by atoms with Crippen LogP contribution in [0, 0.1) is 0 Å². The third kappa shape index (κ3) is 4.61. The molecule has 1 atom stereocenters. The van der Waals surface area contributed by atoms with Crippen molar-refractivity contribution in [3.05, 3.63) is 89.5 Å². The second kappa shape index (κ2) is 9.84. The van der Waals surface area contributed by atoms with E-state index >= 15 is 0 Å². The molecule has 1 heterocycles. The summed E-state index contributed by atoms with van der Waals surface area (Å²) < 4.78 is 5.56. The number of carbonyl (C=O) groups excluding carboxylic acids is 2. The molecule has 0 radical (unpaired) electrons. The van der Waals surface area contributed by atoms with Crippen molar-refractivity contribution in [2.75, 3.05) is 30.0 Å². The number of carboxylic acids is 1. The molecule has 0 aromatic heterocycles. The number of benzene rings is 3. The normalized spacial score (nSPS) is 16.8. The van der Waals surface area contributed by atoms with E-state index in [0.717, 1.165) is 22.3 Å². The topological polar surface area (TPSA) is 95.9 Å². The maximum Gasteiger partial charge on any atom is 0.411 e. The highest BCUT2D eigenvalue weighted by atomic mass is 32.2. The minimum Gasteiger partial charge on any atom is -0.480 e. The van der Waals surface area contributed by atoms with Gasteiger partial charge >= 0.3 is 12.1 Å². The summed E-state index contributed by atoms with van der Waals surface area (Å²) in [5.41, 5.74) is 5.47. The van der Waals surface area contributed by atoms with E-state index in [1.807, 2.05) is 24.3 Å². The van der Waals surface area contributed by atoms with Gasteiger partial charge in [0.2, 0.25) is 0 Å². The summed E-state index contributed by atoms with van der Waals surface area (Å²) in [4.78, 5) is 38.2. The lowest BCUT2D eigenvalue weighted by Crippen LogP contribution is -2.50. The average molecular weight is 489 g/mol. The Morgan fingerprint density at radius 3 is 2.20 bits per heavy atom. The van der Waals surface area contributed by atoms with Crippen molar-refractivity contribution in [2.24, 2.45) is 0 Å². The van der Waals surface area contributed by atoms with Crippen LogP contribution < -0.4 is 5.32 Å². The molecule has 8 heteroatoms. The highest BCUT2D eigenvalue weighted by Gasteiger charge is 2.33. The molecular formula is C27H24N2O5S. The van der Waals surface area contributed by atoms with Crippen LogP contribution in [0.25, 0.3) is 11.1 Å². The van der Waals surface area contributed by atoms with E-state index in [1.165, 1.54) is 16.7 Å². The molecule has 3 aromatic carbocycles. The maximum absolute atomic E-state index is 12.8. The summed E-state index contributed by atoms with van der Waals surface area (Å²) in [7, 11) is 0. The molecule has 1 saturated heterocycles. The number of thioether (sulfide) groups is 1. The fourth-order valence-corrected chi connectivity index (χ4v) is 5.70. The summed E-state index contributed by atoms with van der Waals surface area (Å²) in [6.45, 7) is 0.597. The van der Waals surface area contributed by atoms with Gasteiger partial charge in [0, 0.05) is 35.2 Å². The Labute approximate surface area is 207 Å². The minimum atomic E-state index is -1.00. The number of nitrogens with one attached hydrogen (secondary N) is 1. The second-order valence-electron chi connectivity index (χ2n) is 8.46. The zero-order valence-corrected chi connectivity index (χ0v) is 19.7. The van der Waals surface area contributed by atoms with Gasteiger partial charge in [-0.05, 0) is 46.5 Å². The van der Waals surface area contributed by atoms with Crippen LogP contribution in [-0.2, 0) is 9.53 Å². The van der Waals surface area contributed by atoms with Crippen molar-refractivity contribution in [2.45, 2.75) is 12.0 Å². The van der Waals surface area contributed by atoms with Crippen molar-refractivity contribution in [3.8, 4) is 11.1 Å². The van der Waals surface area contributed by atoms with Crippen LogP contribution in [-0.4, -0.2) is 58.7 Å². The summed E-state index contributed by atoms with van der Waals surface area (Å²) >= 11 is 1.53. The molecule has 0 saturated carbocycles. The van der Waals surface area contributed by atoms with Crippen LogP contribution >= 0.6 is 11.8 Å². The number of aliphatic carboxylic acids is 1. The first-order chi connectivity index (χ1) is 17.0. The van der Waals surface area contributed by atoms with Crippen LogP contribution in [0.15, 0.2) is 72.8 Å². The molecule has 0 bridgehead atoms. The van der Waals surface area contributed by atoms with Crippen molar-refractivity contribution < 1.29 is 24.2 Å². The number of amides is 2. The largest absolute Gasteiger partial charge is 0.480 e. The smallest absolute Gasteiger partial charge is 0.411 e. The standard InChI is InChI=1S/C27H24N2O5S/c30-25(29-13-14-35-16-24(29)26(31)32)17-9-11-18(12-10-17)28-27(33)34-15-23-21-7-3-1-5-19(21)20-6-2-4-8-22(20)23/h1-12,23-24H,13-16H2,(H,28,33)(H,31,32). The highest BCUT2D eigenvalue weighted by molar-refractivity contribution is 7.99. The Morgan fingerprint density at radius 1 is 0.943 bits per heavy atom. The predicted octanol–water partition coefficient (Wildman–Crippen LogP) is 4.69. The molecule has 1 fully saturated rings. The summed E-state index contributed by atoms with van der Waals surface area (Å²) in [6, 6.07) is 21.8. The number of carbonyl (C=O) groups is 3.